The van der Waals surface area contributed by atoms with E-state index in [0.717, 1.165) is 9.54 Å². The van der Waals surface area contributed by atoms with E-state index in [1.54, 1.807) is 36.4 Å². The summed E-state index contributed by atoms with van der Waals surface area (Å²) in [6.45, 7) is 1.88. The molecule has 0 spiro atoms. The van der Waals surface area contributed by atoms with Gasteiger partial charge in [0.05, 0.1) is 16.1 Å². The molecule has 5 nitrogen and oxygen atoms in total. The number of rotatable bonds is 2. The maximum Gasteiger partial charge on any atom is 0.269 e. The van der Waals surface area contributed by atoms with E-state index in [-0.39, 0.29) is 16.3 Å². The van der Waals surface area contributed by atoms with Gasteiger partial charge in [-0.1, -0.05) is 35.9 Å². The Labute approximate surface area is 128 Å². The molecule has 0 unspecified atom stereocenters. The van der Waals surface area contributed by atoms with Crippen LogP contribution < -0.4 is 5.73 Å². The van der Waals surface area contributed by atoms with E-state index in [4.69, 9.17) is 5.73 Å². The third-order valence-corrected chi connectivity index (χ3v) is 5.26. The van der Waals surface area contributed by atoms with Crippen LogP contribution in [-0.2, 0) is 10.0 Å². The highest BCUT2D eigenvalue weighted by Gasteiger charge is 2.25. The molecule has 3 aromatic rings. The first kappa shape index (κ1) is 14.2. The van der Waals surface area contributed by atoms with Crippen molar-refractivity contribution in [3.63, 3.8) is 0 Å². The number of benzene rings is 2. The number of nitrogens with zero attached hydrogens (tertiary/aromatic N) is 2. The lowest BCUT2D eigenvalue weighted by atomic mass is 10.2. The predicted molar refractivity (Wildman–Crippen MR) is 84.8 cm³/mol. The first-order valence-electron chi connectivity index (χ1n) is 6.58. The van der Waals surface area contributed by atoms with Crippen molar-refractivity contribution in [1.29, 1.82) is 5.26 Å². The van der Waals surface area contributed by atoms with Crippen LogP contribution in [0.4, 0.5) is 5.69 Å². The van der Waals surface area contributed by atoms with Gasteiger partial charge in [-0.25, -0.2) is 12.4 Å². The van der Waals surface area contributed by atoms with Crippen LogP contribution >= 0.6 is 0 Å². The van der Waals surface area contributed by atoms with Gasteiger partial charge in [0, 0.05) is 5.39 Å². The first-order chi connectivity index (χ1) is 10.5. The molecule has 110 valence electrons. The number of anilines is 1. The minimum absolute atomic E-state index is 0.0678. The van der Waals surface area contributed by atoms with Crippen LogP contribution in [0, 0.1) is 18.3 Å². The highest BCUT2D eigenvalue weighted by Crippen LogP contribution is 2.31. The highest BCUT2D eigenvalue weighted by molar-refractivity contribution is 7.90. The minimum atomic E-state index is -3.89. The molecule has 3 rings (SSSR count). The maximum atomic E-state index is 12.9. The van der Waals surface area contributed by atoms with Crippen molar-refractivity contribution in [2.24, 2.45) is 0 Å². The molecule has 1 aromatic heterocycles. The van der Waals surface area contributed by atoms with Crippen molar-refractivity contribution in [2.45, 2.75) is 11.8 Å². The minimum Gasteiger partial charge on any atom is -0.396 e. The average molecular weight is 311 g/mol. The van der Waals surface area contributed by atoms with Gasteiger partial charge in [0.2, 0.25) is 0 Å². The van der Waals surface area contributed by atoms with E-state index in [1.165, 1.54) is 12.1 Å². The molecule has 6 heteroatoms. The maximum absolute atomic E-state index is 12.9. The number of aryl methyl sites for hydroxylation is 1. The summed E-state index contributed by atoms with van der Waals surface area (Å²) < 4.78 is 26.8. The molecule has 2 N–H and O–H groups in total. The molecule has 22 heavy (non-hydrogen) atoms. The molecule has 0 aliphatic heterocycles. The lowest BCUT2D eigenvalue weighted by Gasteiger charge is -2.09. The normalized spacial score (nSPS) is 11.5. The number of aromatic nitrogens is 1. The van der Waals surface area contributed by atoms with Crippen LogP contribution in [0.2, 0.25) is 0 Å². The zero-order valence-electron chi connectivity index (χ0n) is 11.8. The Morgan fingerprint density at radius 1 is 1.09 bits per heavy atom. The second kappa shape index (κ2) is 4.90. The third kappa shape index (κ3) is 1.95. The van der Waals surface area contributed by atoms with Gasteiger partial charge in [-0.2, -0.15) is 5.26 Å². The fraction of sp³-hybridized carbons (Fsp3) is 0.0625. The third-order valence-electron chi connectivity index (χ3n) is 3.54. The molecule has 0 amide bonds. The summed E-state index contributed by atoms with van der Waals surface area (Å²) in [4.78, 5) is 0.121. The molecule has 1 heterocycles. The molecule has 0 bridgehead atoms. The Kier molecular flexibility index (Phi) is 3.15. The molecular weight excluding hydrogens is 298 g/mol. The van der Waals surface area contributed by atoms with Crippen LogP contribution in [-0.4, -0.2) is 12.4 Å². The molecule has 0 aliphatic carbocycles. The Morgan fingerprint density at radius 2 is 1.73 bits per heavy atom. The van der Waals surface area contributed by atoms with Crippen LogP contribution in [0.5, 0.6) is 0 Å². The Morgan fingerprint density at radius 3 is 2.36 bits per heavy atom. The Hall–Kier alpha value is -2.78. The second-order valence-corrected chi connectivity index (χ2v) is 6.76. The second-order valence-electron chi connectivity index (χ2n) is 4.97. The summed E-state index contributed by atoms with van der Waals surface area (Å²) in [6, 6.07) is 15.2. The summed E-state index contributed by atoms with van der Waals surface area (Å²) in [5, 5.41) is 9.89. The number of fused-ring (bicyclic) bond motifs is 1. The molecular formula is C16H13N3O2S. The first-order valence-corrected chi connectivity index (χ1v) is 8.02. The van der Waals surface area contributed by atoms with Crippen molar-refractivity contribution in [3.05, 3.63) is 59.8 Å². The lowest BCUT2D eigenvalue weighted by Crippen LogP contribution is -2.15. The average Bonchev–Trinajstić information content (AvgIpc) is 2.81. The molecule has 0 atom stereocenters. The molecule has 0 saturated heterocycles. The summed E-state index contributed by atoms with van der Waals surface area (Å²) in [6.07, 6.45) is 0. The quantitative estimate of drug-likeness (QED) is 0.788. The fourth-order valence-corrected chi connectivity index (χ4v) is 3.90. The SMILES string of the molecule is Cc1ccc(S(=O)(=O)n2c(C#N)c(N)c3ccccc32)cc1. The topological polar surface area (TPSA) is 88.9 Å². The van der Waals surface area contributed by atoms with Crippen LogP contribution in [0.25, 0.3) is 10.9 Å². The molecule has 0 aliphatic rings. The Balaban J connectivity index is 2.39. The largest absolute Gasteiger partial charge is 0.396 e. The fourth-order valence-electron chi connectivity index (χ4n) is 2.41. The van der Waals surface area contributed by atoms with Crippen molar-refractivity contribution >= 4 is 26.6 Å². The summed E-state index contributed by atoms with van der Waals surface area (Å²) in [7, 11) is -3.89. The summed E-state index contributed by atoms with van der Waals surface area (Å²) >= 11 is 0. The molecule has 2 aromatic carbocycles. The summed E-state index contributed by atoms with van der Waals surface area (Å²) in [5.41, 5.74) is 7.40. The van der Waals surface area contributed by atoms with Gasteiger partial charge in [-0.05, 0) is 25.1 Å². The van der Waals surface area contributed by atoms with E-state index in [9.17, 15) is 13.7 Å². The molecule has 0 saturated carbocycles. The van der Waals surface area contributed by atoms with Gasteiger partial charge in [-0.3, -0.25) is 0 Å². The van der Waals surface area contributed by atoms with E-state index in [2.05, 4.69) is 0 Å². The number of hydrogen-bond donors (Lipinski definition) is 1. The standard InChI is InChI=1S/C16H13N3O2S/c1-11-6-8-12(9-7-11)22(20,21)19-14-5-3-2-4-13(14)16(18)15(19)10-17/h2-9H,18H2,1H3. The number of hydrogen-bond acceptors (Lipinski definition) is 4. The zero-order valence-corrected chi connectivity index (χ0v) is 12.6. The number of nitrogen functional groups attached to an aromatic ring is 1. The number of nitrogens with two attached hydrogens (primary N) is 1. The van der Waals surface area contributed by atoms with Crippen molar-refractivity contribution in [1.82, 2.24) is 3.97 Å². The highest BCUT2D eigenvalue weighted by atomic mass is 32.2. The monoisotopic (exact) mass is 311 g/mol. The molecule has 0 radical (unpaired) electrons. The number of nitriles is 1. The smallest absolute Gasteiger partial charge is 0.269 e. The van der Waals surface area contributed by atoms with Gasteiger partial charge < -0.3 is 5.73 Å². The molecule has 0 fully saturated rings. The zero-order chi connectivity index (χ0) is 15.9. The van der Waals surface area contributed by atoms with Gasteiger partial charge in [0.25, 0.3) is 10.0 Å². The lowest BCUT2D eigenvalue weighted by molar-refractivity contribution is 0.588. The van der Waals surface area contributed by atoms with Gasteiger partial charge in [0.15, 0.2) is 5.69 Å². The van der Waals surface area contributed by atoms with Crippen molar-refractivity contribution < 1.29 is 8.42 Å². The van der Waals surface area contributed by atoms with Crippen LogP contribution in [0.3, 0.4) is 0 Å². The van der Waals surface area contributed by atoms with E-state index < -0.39 is 10.0 Å². The van der Waals surface area contributed by atoms with Crippen LogP contribution in [0.1, 0.15) is 11.3 Å². The predicted octanol–water partition coefficient (Wildman–Crippen LogP) is 2.64. The van der Waals surface area contributed by atoms with E-state index in [0.29, 0.717) is 10.9 Å². The summed E-state index contributed by atoms with van der Waals surface area (Å²) in [5.74, 6) is 0. The van der Waals surface area contributed by atoms with Gasteiger partial charge in [0.1, 0.15) is 6.07 Å². The van der Waals surface area contributed by atoms with Crippen LogP contribution in [0.15, 0.2) is 53.4 Å². The Bertz CT molecular complexity index is 1010. The van der Waals surface area contributed by atoms with E-state index >= 15 is 0 Å². The van der Waals surface area contributed by atoms with Crippen molar-refractivity contribution in [2.75, 3.05) is 5.73 Å². The van der Waals surface area contributed by atoms with E-state index in [1.807, 2.05) is 13.0 Å². The van der Waals surface area contributed by atoms with Crippen molar-refractivity contribution in [3.8, 4) is 6.07 Å². The number of para-hydroxylation sites is 1. The van der Waals surface area contributed by atoms with Gasteiger partial charge in [-0.15, -0.1) is 0 Å². The van der Waals surface area contributed by atoms with Gasteiger partial charge >= 0.3 is 0 Å².